The second kappa shape index (κ2) is 9.44. The van der Waals surface area contributed by atoms with Crippen molar-refractivity contribution in [3.63, 3.8) is 0 Å². The average Bonchev–Trinajstić information content (AvgIpc) is 2.16. The van der Waals surface area contributed by atoms with E-state index in [2.05, 4.69) is 27.6 Å². The Morgan fingerprint density at radius 1 is 1.29 bits per heavy atom. The van der Waals surface area contributed by atoms with Gasteiger partial charge in [-0.05, 0) is 22.4 Å². The number of carbonyl (C=O) groups is 1. The van der Waals surface area contributed by atoms with Gasteiger partial charge in [-0.3, -0.25) is 0 Å². The lowest BCUT2D eigenvalue weighted by molar-refractivity contribution is -0.145. The topological polar surface area (TPSA) is 26.3 Å². The highest BCUT2D eigenvalue weighted by atomic mass is 79.9. The monoisotopic (exact) mass is 268 g/mol. The van der Waals surface area contributed by atoms with Gasteiger partial charge in [0.15, 0.2) is 0 Å². The van der Waals surface area contributed by atoms with Crippen LogP contribution in [-0.4, -0.2) is 17.7 Å². The molecule has 0 aromatic heterocycles. The molecule has 2 nitrogen and oxygen atoms in total. The Balaban J connectivity index is 3.10. The van der Waals surface area contributed by atoms with Crippen LogP contribution in [-0.2, 0) is 9.53 Å². The van der Waals surface area contributed by atoms with E-state index in [-0.39, 0.29) is 0 Å². The van der Waals surface area contributed by atoms with E-state index in [1.165, 1.54) is 25.7 Å². The quantitative estimate of drug-likeness (QED) is 0.382. The summed E-state index contributed by atoms with van der Waals surface area (Å²) < 4.78 is 16.9. The molecule has 0 aliphatic carbocycles. The van der Waals surface area contributed by atoms with Crippen LogP contribution in [0.4, 0.5) is 4.39 Å². The van der Waals surface area contributed by atoms with Gasteiger partial charge in [0, 0.05) is 0 Å². The maximum Gasteiger partial charge on any atom is 0.351 e. The molecule has 1 atom stereocenters. The Hall–Kier alpha value is -0.120. The first-order valence-electron chi connectivity index (χ1n) is 5.13. The number of ether oxygens (including phenoxy) is 1. The first-order chi connectivity index (χ1) is 6.68. The van der Waals surface area contributed by atoms with Crippen molar-refractivity contribution in [2.75, 3.05) is 6.61 Å². The van der Waals surface area contributed by atoms with Crippen LogP contribution in [0.25, 0.3) is 0 Å². The highest BCUT2D eigenvalue weighted by molar-refractivity contribution is 9.09. The summed E-state index contributed by atoms with van der Waals surface area (Å²) in [5, 5.41) is -1.68. The number of hydrogen-bond acceptors (Lipinski definition) is 2. The van der Waals surface area contributed by atoms with Crippen LogP contribution in [0, 0.1) is 0 Å². The standard InChI is InChI=1S/C10H18BrFO2/c1-2-3-4-5-6-7-8-14-10(13)9(11)12/h9H,2-8H2,1H3/t9-/m0/s1. The molecule has 0 unspecified atom stereocenters. The molecule has 14 heavy (non-hydrogen) atoms. The summed E-state index contributed by atoms with van der Waals surface area (Å²) in [5.41, 5.74) is 0. The summed E-state index contributed by atoms with van der Waals surface area (Å²) in [6.45, 7) is 2.50. The smallest absolute Gasteiger partial charge is 0.351 e. The van der Waals surface area contributed by atoms with Gasteiger partial charge in [-0.25, -0.2) is 9.18 Å². The van der Waals surface area contributed by atoms with Gasteiger partial charge in [0.05, 0.1) is 6.61 Å². The largest absolute Gasteiger partial charge is 0.463 e. The van der Waals surface area contributed by atoms with Crippen LogP contribution in [0.3, 0.4) is 0 Å². The van der Waals surface area contributed by atoms with Crippen LogP contribution >= 0.6 is 15.9 Å². The molecule has 0 radical (unpaired) electrons. The van der Waals surface area contributed by atoms with Gasteiger partial charge >= 0.3 is 5.97 Å². The summed E-state index contributed by atoms with van der Waals surface area (Å²) in [4.78, 5) is 10.6. The van der Waals surface area contributed by atoms with E-state index < -0.39 is 11.1 Å². The third-order valence-electron chi connectivity index (χ3n) is 1.92. The van der Waals surface area contributed by atoms with Crippen LogP contribution in [0.2, 0.25) is 0 Å². The fourth-order valence-corrected chi connectivity index (χ4v) is 1.25. The molecule has 0 bridgehead atoms. The normalized spacial score (nSPS) is 12.5. The van der Waals surface area contributed by atoms with Gasteiger partial charge < -0.3 is 4.74 Å². The van der Waals surface area contributed by atoms with Crippen molar-refractivity contribution in [2.45, 2.75) is 50.5 Å². The molecule has 0 saturated carbocycles. The number of carbonyl (C=O) groups excluding carboxylic acids is 1. The third kappa shape index (κ3) is 8.48. The number of esters is 1. The Morgan fingerprint density at radius 3 is 2.43 bits per heavy atom. The molecule has 4 heteroatoms. The zero-order valence-electron chi connectivity index (χ0n) is 8.60. The van der Waals surface area contributed by atoms with Gasteiger partial charge in [0.25, 0.3) is 5.08 Å². The number of rotatable bonds is 8. The Labute approximate surface area is 93.3 Å². The lowest BCUT2D eigenvalue weighted by Gasteiger charge is -2.04. The van der Waals surface area contributed by atoms with Crippen molar-refractivity contribution in [2.24, 2.45) is 0 Å². The molecule has 84 valence electrons. The minimum absolute atomic E-state index is 0.330. The van der Waals surface area contributed by atoms with E-state index in [1.807, 2.05) is 0 Å². The molecule has 0 saturated heterocycles. The van der Waals surface area contributed by atoms with Crippen LogP contribution < -0.4 is 0 Å². The predicted octanol–water partition coefficient (Wildman–Crippen LogP) is 3.58. The summed E-state index contributed by atoms with van der Waals surface area (Å²) in [5.74, 6) is -0.821. The summed E-state index contributed by atoms with van der Waals surface area (Å²) >= 11 is 2.50. The maximum atomic E-state index is 12.2. The SMILES string of the molecule is CCCCCCCCOC(=O)[C@H](F)Br. The Morgan fingerprint density at radius 2 is 1.86 bits per heavy atom. The summed E-state index contributed by atoms with van der Waals surface area (Å²) in [6, 6.07) is 0. The highest BCUT2D eigenvalue weighted by Crippen LogP contribution is 2.07. The molecular formula is C10H18BrFO2. The first kappa shape index (κ1) is 13.9. The molecule has 0 rings (SSSR count). The Kier molecular flexibility index (Phi) is 9.35. The molecule has 0 aliphatic rings. The van der Waals surface area contributed by atoms with Crippen molar-refractivity contribution in [3.8, 4) is 0 Å². The lowest BCUT2D eigenvalue weighted by atomic mass is 10.1. The van der Waals surface area contributed by atoms with Crippen LogP contribution in [0.1, 0.15) is 45.4 Å². The van der Waals surface area contributed by atoms with Gasteiger partial charge in [0.1, 0.15) is 0 Å². The average molecular weight is 269 g/mol. The molecule has 0 aromatic carbocycles. The Bertz CT molecular complexity index is 151. The molecule has 0 N–H and O–H groups in total. The van der Waals surface area contributed by atoms with Crippen molar-refractivity contribution >= 4 is 21.9 Å². The number of hydrogen-bond donors (Lipinski definition) is 0. The van der Waals surface area contributed by atoms with E-state index in [1.54, 1.807) is 0 Å². The number of unbranched alkanes of at least 4 members (excludes halogenated alkanes) is 5. The molecule has 0 heterocycles. The molecule has 0 aromatic rings. The second-order valence-electron chi connectivity index (χ2n) is 3.24. The van der Waals surface area contributed by atoms with E-state index >= 15 is 0 Å². The van der Waals surface area contributed by atoms with E-state index in [9.17, 15) is 9.18 Å². The molecule has 0 spiro atoms. The summed E-state index contributed by atoms with van der Waals surface area (Å²) in [7, 11) is 0. The third-order valence-corrected chi connectivity index (χ3v) is 2.29. The van der Waals surface area contributed by atoms with Gasteiger partial charge in [0.2, 0.25) is 0 Å². The van der Waals surface area contributed by atoms with E-state index in [0.717, 1.165) is 12.8 Å². The number of halogens is 2. The van der Waals surface area contributed by atoms with Crippen molar-refractivity contribution in [3.05, 3.63) is 0 Å². The zero-order chi connectivity index (χ0) is 10.8. The van der Waals surface area contributed by atoms with Gasteiger partial charge in [-0.1, -0.05) is 39.0 Å². The minimum Gasteiger partial charge on any atom is -0.463 e. The van der Waals surface area contributed by atoms with Crippen LogP contribution in [0.5, 0.6) is 0 Å². The predicted molar refractivity (Wildman–Crippen MR) is 58.2 cm³/mol. The fourth-order valence-electron chi connectivity index (χ4n) is 1.12. The first-order valence-corrected chi connectivity index (χ1v) is 6.04. The minimum atomic E-state index is -1.68. The van der Waals surface area contributed by atoms with Gasteiger partial charge in [-0.15, -0.1) is 0 Å². The zero-order valence-corrected chi connectivity index (χ0v) is 10.2. The number of alkyl halides is 2. The highest BCUT2D eigenvalue weighted by Gasteiger charge is 2.13. The van der Waals surface area contributed by atoms with Crippen molar-refractivity contribution in [1.82, 2.24) is 0 Å². The lowest BCUT2D eigenvalue weighted by Crippen LogP contribution is -2.13. The molecule has 0 aliphatic heterocycles. The maximum absolute atomic E-state index is 12.2. The van der Waals surface area contributed by atoms with Gasteiger partial charge in [-0.2, -0.15) is 0 Å². The molecular weight excluding hydrogens is 251 g/mol. The van der Waals surface area contributed by atoms with Crippen molar-refractivity contribution in [1.29, 1.82) is 0 Å². The van der Waals surface area contributed by atoms with E-state index in [4.69, 9.17) is 0 Å². The van der Waals surface area contributed by atoms with Crippen LogP contribution in [0.15, 0.2) is 0 Å². The second-order valence-corrected chi connectivity index (χ2v) is 4.04. The molecule has 0 fully saturated rings. The van der Waals surface area contributed by atoms with E-state index in [0.29, 0.717) is 6.61 Å². The summed E-state index contributed by atoms with van der Waals surface area (Å²) in [6.07, 6.45) is 6.75. The fraction of sp³-hybridized carbons (Fsp3) is 0.900. The molecule has 0 amide bonds. The van der Waals surface area contributed by atoms with Crippen molar-refractivity contribution < 1.29 is 13.9 Å².